The summed E-state index contributed by atoms with van der Waals surface area (Å²) in [6.45, 7) is 0. The number of urea groups is 1. The van der Waals surface area contributed by atoms with Gasteiger partial charge < -0.3 is 19.9 Å². The number of hydrogen-bond acceptors (Lipinski definition) is 3. The van der Waals surface area contributed by atoms with E-state index in [1.807, 2.05) is 22.7 Å². The second-order valence-corrected chi connectivity index (χ2v) is 7.03. The second kappa shape index (κ2) is 5.84. The molecular formula is C18H21FN4O2. The molecule has 6 nitrogen and oxygen atoms in total. The van der Waals surface area contributed by atoms with Gasteiger partial charge in [0, 0.05) is 50.1 Å². The van der Waals surface area contributed by atoms with Gasteiger partial charge in [0.05, 0.1) is 0 Å². The molecule has 2 amide bonds. The Balaban J connectivity index is 1.51. The van der Waals surface area contributed by atoms with Gasteiger partial charge in [-0.25, -0.2) is 14.2 Å². The standard InChI is InChI=1S/C18H21FN4O2/c1-22-9-8-20-16(22)18(25)10-14-6-7-15(11-18)23(14)17(24)21-13-4-2-12(19)3-5-13/h2-5,8-9,14-15,25H,6-7,10-11H2,1H3,(H,21,24)/t14-,15+,18?. The smallest absolute Gasteiger partial charge is 0.322 e. The van der Waals surface area contributed by atoms with Crippen LogP contribution in [0, 0.1) is 5.82 Å². The van der Waals surface area contributed by atoms with Crippen molar-refractivity contribution in [2.24, 2.45) is 7.05 Å². The number of anilines is 1. The maximum atomic E-state index is 13.0. The topological polar surface area (TPSA) is 70.4 Å². The van der Waals surface area contributed by atoms with Crippen LogP contribution < -0.4 is 5.32 Å². The minimum atomic E-state index is -1.00. The molecule has 2 fully saturated rings. The van der Waals surface area contributed by atoms with Crippen molar-refractivity contribution in [3.63, 3.8) is 0 Å². The average Bonchev–Trinajstić information content (AvgIpc) is 3.12. The molecule has 25 heavy (non-hydrogen) atoms. The lowest BCUT2D eigenvalue weighted by Gasteiger charge is -2.43. The first kappa shape index (κ1) is 16.1. The summed E-state index contributed by atoms with van der Waals surface area (Å²) in [5.74, 6) is 0.319. The van der Waals surface area contributed by atoms with Gasteiger partial charge in [-0.05, 0) is 37.1 Å². The minimum Gasteiger partial charge on any atom is -0.382 e. The number of halogens is 1. The monoisotopic (exact) mass is 344 g/mol. The first-order valence-corrected chi connectivity index (χ1v) is 8.51. The first-order valence-electron chi connectivity index (χ1n) is 8.51. The van der Waals surface area contributed by atoms with Crippen LogP contribution in [0.15, 0.2) is 36.7 Å². The summed E-state index contributed by atoms with van der Waals surface area (Å²) in [6, 6.07) is 5.48. The zero-order chi connectivity index (χ0) is 17.6. The number of aliphatic hydroxyl groups is 1. The third kappa shape index (κ3) is 2.78. The summed E-state index contributed by atoms with van der Waals surface area (Å²) in [6.07, 6.45) is 6.20. The first-order chi connectivity index (χ1) is 12.0. The van der Waals surface area contributed by atoms with Crippen molar-refractivity contribution in [2.75, 3.05) is 5.32 Å². The van der Waals surface area contributed by atoms with E-state index in [0.717, 1.165) is 12.8 Å². The van der Waals surface area contributed by atoms with Crippen molar-refractivity contribution >= 4 is 11.7 Å². The van der Waals surface area contributed by atoms with Crippen LogP contribution in [-0.2, 0) is 12.6 Å². The summed E-state index contributed by atoms with van der Waals surface area (Å²) in [4.78, 5) is 18.8. The summed E-state index contributed by atoms with van der Waals surface area (Å²) >= 11 is 0. The average molecular weight is 344 g/mol. The van der Waals surface area contributed by atoms with Crippen LogP contribution in [0.5, 0.6) is 0 Å². The van der Waals surface area contributed by atoms with E-state index in [2.05, 4.69) is 10.3 Å². The van der Waals surface area contributed by atoms with Gasteiger partial charge in [-0.1, -0.05) is 0 Å². The SMILES string of the molecule is Cn1ccnc1C1(O)C[C@H]2CC[C@@H](C1)N2C(=O)Nc1ccc(F)cc1. The number of benzene rings is 1. The predicted octanol–water partition coefficient (Wildman–Crippen LogP) is 2.61. The fourth-order valence-corrected chi connectivity index (χ4v) is 4.27. The minimum absolute atomic E-state index is 0.0269. The molecule has 7 heteroatoms. The van der Waals surface area contributed by atoms with Gasteiger partial charge in [-0.15, -0.1) is 0 Å². The lowest BCUT2D eigenvalue weighted by Crippen LogP contribution is -2.53. The molecule has 0 saturated carbocycles. The Kier molecular flexibility index (Phi) is 3.76. The molecule has 1 aromatic carbocycles. The van der Waals surface area contributed by atoms with E-state index in [-0.39, 0.29) is 23.9 Å². The molecule has 2 bridgehead atoms. The van der Waals surface area contributed by atoms with E-state index in [1.165, 1.54) is 12.1 Å². The number of fused-ring (bicyclic) bond motifs is 2. The Labute approximate surface area is 145 Å². The van der Waals surface area contributed by atoms with Gasteiger partial charge >= 0.3 is 6.03 Å². The van der Waals surface area contributed by atoms with E-state index in [9.17, 15) is 14.3 Å². The Bertz CT molecular complexity index is 775. The van der Waals surface area contributed by atoms with Crippen LogP contribution in [0.25, 0.3) is 0 Å². The molecule has 2 aliphatic heterocycles. The second-order valence-electron chi connectivity index (χ2n) is 7.03. The van der Waals surface area contributed by atoms with Gasteiger partial charge in [0.1, 0.15) is 17.2 Å². The van der Waals surface area contributed by atoms with Gasteiger partial charge in [-0.3, -0.25) is 0 Å². The van der Waals surface area contributed by atoms with E-state index in [1.54, 1.807) is 18.3 Å². The molecule has 0 spiro atoms. The van der Waals surface area contributed by atoms with E-state index >= 15 is 0 Å². The zero-order valence-corrected chi connectivity index (χ0v) is 14.0. The molecule has 2 N–H and O–H groups in total. The van der Waals surface area contributed by atoms with Crippen molar-refractivity contribution < 1.29 is 14.3 Å². The van der Waals surface area contributed by atoms with E-state index in [0.29, 0.717) is 24.4 Å². The Morgan fingerprint density at radius 3 is 2.48 bits per heavy atom. The number of carbonyl (C=O) groups excluding carboxylic acids is 1. The van der Waals surface area contributed by atoms with Crippen LogP contribution >= 0.6 is 0 Å². The summed E-state index contributed by atoms with van der Waals surface area (Å²) in [5.41, 5.74) is -0.438. The maximum absolute atomic E-state index is 13.0. The highest BCUT2D eigenvalue weighted by Gasteiger charge is 2.51. The maximum Gasteiger partial charge on any atom is 0.322 e. The Morgan fingerprint density at radius 1 is 1.28 bits per heavy atom. The number of nitrogens with one attached hydrogen (secondary N) is 1. The number of aryl methyl sites for hydroxylation is 1. The fourth-order valence-electron chi connectivity index (χ4n) is 4.27. The highest BCUT2D eigenvalue weighted by molar-refractivity contribution is 5.90. The summed E-state index contributed by atoms with van der Waals surface area (Å²) in [7, 11) is 1.87. The molecule has 1 unspecified atom stereocenters. The molecule has 2 aromatic rings. The lowest BCUT2D eigenvalue weighted by molar-refractivity contribution is -0.0505. The lowest BCUT2D eigenvalue weighted by atomic mass is 9.85. The van der Waals surface area contributed by atoms with Crippen LogP contribution in [0.3, 0.4) is 0 Å². The van der Waals surface area contributed by atoms with E-state index < -0.39 is 5.60 Å². The molecule has 1 aromatic heterocycles. The molecule has 4 rings (SSSR count). The number of rotatable bonds is 2. The molecule has 2 saturated heterocycles. The highest BCUT2D eigenvalue weighted by Crippen LogP contribution is 2.45. The summed E-state index contributed by atoms with van der Waals surface area (Å²) in [5, 5.41) is 14.0. The largest absolute Gasteiger partial charge is 0.382 e. The fraction of sp³-hybridized carbons (Fsp3) is 0.444. The highest BCUT2D eigenvalue weighted by atomic mass is 19.1. The predicted molar refractivity (Wildman–Crippen MR) is 90.4 cm³/mol. The molecule has 2 aliphatic rings. The third-order valence-electron chi connectivity index (χ3n) is 5.33. The molecule has 0 radical (unpaired) electrons. The Hall–Kier alpha value is -2.41. The number of aromatic nitrogens is 2. The van der Waals surface area contributed by atoms with Crippen molar-refractivity contribution in [3.8, 4) is 0 Å². The van der Waals surface area contributed by atoms with Crippen molar-refractivity contribution in [1.82, 2.24) is 14.5 Å². The molecule has 3 atom stereocenters. The normalized spacial score (nSPS) is 28.2. The zero-order valence-electron chi connectivity index (χ0n) is 14.0. The van der Waals surface area contributed by atoms with Crippen molar-refractivity contribution in [2.45, 2.75) is 43.4 Å². The number of piperidine rings is 1. The molecule has 3 heterocycles. The molecule has 0 aliphatic carbocycles. The van der Waals surface area contributed by atoms with Gasteiger partial charge in [0.25, 0.3) is 0 Å². The number of carbonyl (C=O) groups is 1. The van der Waals surface area contributed by atoms with E-state index in [4.69, 9.17) is 0 Å². The summed E-state index contributed by atoms with van der Waals surface area (Å²) < 4.78 is 14.8. The van der Waals surface area contributed by atoms with Crippen LogP contribution in [-0.4, -0.2) is 37.7 Å². The van der Waals surface area contributed by atoms with Crippen molar-refractivity contribution in [3.05, 3.63) is 48.3 Å². The van der Waals surface area contributed by atoms with Crippen LogP contribution in [0.1, 0.15) is 31.5 Å². The van der Waals surface area contributed by atoms with Gasteiger partial charge in [0.2, 0.25) is 0 Å². The number of imidazole rings is 1. The third-order valence-corrected chi connectivity index (χ3v) is 5.33. The van der Waals surface area contributed by atoms with Gasteiger partial charge in [0.15, 0.2) is 0 Å². The Morgan fingerprint density at radius 2 is 1.92 bits per heavy atom. The van der Waals surface area contributed by atoms with Crippen LogP contribution in [0.4, 0.5) is 14.9 Å². The number of nitrogens with zero attached hydrogens (tertiary/aromatic N) is 3. The van der Waals surface area contributed by atoms with Gasteiger partial charge in [-0.2, -0.15) is 0 Å². The number of hydrogen-bond donors (Lipinski definition) is 2. The quantitative estimate of drug-likeness (QED) is 0.880. The van der Waals surface area contributed by atoms with Crippen LogP contribution in [0.2, 0.25) is 0 Å². The van der Waals surface area contributed by atoms with Crippen molar-refractivity contribution in [1.29, 1.82) is 0 Å². The number of amides is 2. The molecule has 132 valence electrons. The molecular weight excluding hydrogens is 323 g/mol.